The van der Waals surface area contributed by atoms with Crippen LogP contribution in [0.4, 0.5) is 17.4 Å². The van der Waals surface area contributed by atoms with E-state index in [-0.39, 0.29) is 23.7 Å². The van der Waals surface area contributed by atoms with Crippen LogP contribution in [0, 0.1) is 6.92 Å². The maximum Gasteiger partial charge on any atom is 0.345 e. The first-order chi connectivity index (χ1) is 17.2. The molecule has 3 aromatic rings. The first-order valence-electron chi connectivity index (χ1n) is 10.8. The largest absolute Gasteiger partial charge is 0.504 e. The molecule has 1 aliphatic heterocycles. The third kappa shape index (κ3) is 6.07. The summed E-state index contributed by atoms with van der Waals surface area (Å²) in [5, 5.41) is 30.1. The molecule has 3 heterocycles. The van der Waals surface area contributed by atoms with E-state index >= 15 is 0 Å². The molecule has 2 aromatic heterocycles. The van der Waals surface area contributed by atoms with Gasteiger partial charge >= 0.3 is 5.97 Å². The van der Waals surface area contributed by atoms with Gasteiger partial charge in [0.05, 0.1) is 0 Å². The minimum Gasteiger partial charge on any atom is -0.504 e. The number of carboxylic acid groups (broad SMARTS) is 2. The van der Waals surface area contributed by atoms with Gasteiger partial charge in [-0.05, 0) is 63.0 Å². The molecule has 0 spiro atoms. The molecule has 11 heteroatoms. The van der Waals surface area contributed by atoms with Crippen molar-refractivity contribution in [2.75, 3.05) is 32.6 Å². The minimum atomic E-state index is -1.31. The lowest BCUT2D eigenvalue weighted by Crippen LogP contribution is -2.19. The van der Waals surface area contributed by atoms with Gasteiger partial charge in [-0.25, -0.2) is 14.8 Å². The molecule has 0 bridgehead atoms. The number of ether oxygens (including phenoxy) is 1. The minimum absolute atomic E-state index is 0.00865. The Balaban J connectivity index is 0.00000115. The van der Waals surface area contributed by atoms with Crippen LogP contribution >= 0.6 is 0 Å². The normalized spacial score (nSPS) is 12.7. The van der Waals surface area contributed by atoms with E-state index in [0.717, 1.165) is 17.7 Å². The number of nitrogens with one attached hydrogen (secondary N) is 1. The molecule has 0 radical (unpaired) electrons. The van der Waals surface area contributed by atoms with Crippen molar-refractivity contribution in [3.63, 3.8) is 0 Å². The van der Waals surface area contributed by atoms with E-state index in [9.17, 15) is 15.0 Å². The molecule has 188 valence electrons. The number of nitrogens with zero attached hydrogens (tertiary/aromatic N) is 3. The molecule has 1 aromatic carbocycles. The van der Waals surface area contributed by atoms with Gasteiger partial charge in [-0.2, -0.15) is 0 Å². The number of aliphatic imine (C=N–C) groups is 1. The van der Waals surface area contributed by atoms with Gasteiger partial charge < -0.3 is 34.7 Å². The molecule has 36 heavy (non-hydrogen) atoms. The number of aromatic hydroxyl groups is 1. The van der Waals surface area contributed by atoms with Gasteiger partial charge in [0.2, 0.25) is 5.88 Å². The number of furan rings is 1. The predicted octanol–water partition coefficient (Wildman–Crippen LogP) is 4.03. The lowest BCUT2D eigenvalue weighted by atomic mass is 10.1. The summed E-state index contributed by atoms with van der Waals surface area (Å²) in [4.78, 5) is 30.6. The monoisotopic (exact) mass is 494 g/mol. The van der Waals surface area contributed by atoms with E-state index in [4.69, 9.17) is 19.1 Å². The number of pyridine rings is 1. The van der Waals surface area contributed by atoms with E-state index in [1.54, 1.807) is 36.7 Å². The van der Waals surface area contributed by atoms with Gasteiger partial charge in [-0.3, -0.25) is 4.79 Å². The summed E-state index contributed by atoms with van der Waals surface area (Å²) in [5.74, 6) is -0.586. The number of aromatic carboxylic acids is 1. The smallest absolute Gasteiger partial charge is 0.345 e. The number of carbonyl (C=O) groups is 2. The van der Waals surface area contributed by atoms with Crippen molar-refractivity contribution in [1.29, 1.82) is 0 Å². The van der Waals surface area contributed by atoms with Crippen LogP contribution in [0.3, 0.4) is 0 Å². The van der Waals surface area contributed by atoms with Gasteiger partial charge in [0.25, 0.3) is 6.47 Å². The second-order valence-corrected chi connectivity index (χ2v) is 7.92. The highest BCUT2D eigenvalue weighted by Gasteiger charge is 2.26. The fourth-order valence-corrected chi connectivity index (χ4v) is 3.34. The number of fused-ring (bicyclic) bond motifs is 1. The molecule has 0 amide bonds. The first kappa shape index (κ1) is 26.0. The number of anilines is 2. The van der Waals surface area contributed by atoms with Crippen molar-refractivity contribution in [3.8, 4) is 11.5 Å². The van der Waals surface area contributed by atoms with Crippen LogP contribution in [-0.2, 0) is 4.79 Å². The average Bonchev–Trinajstić information content (AvgIpc) is 3.37. The van der Waals surface area contributed by atoms with Gasteiger partial charge in [-0.1, -0.05) is 0 Å². The van der Waals surface area contributed by atoms with E-state index in [1.165, 1.54) is 0 Å². The van der Waals surface area contributed by atoms with Crippen LogP contribution in [-0.4, -0.2) is 71.1 Å². The molecule has 0 atom stereocenters. The molecule has 1 aliphatic rings. The highest BCUT2D eigenvalue weighted by Crippen LogP contribution is 2.39. The molecule has 0 saturated carbocycles. The Kier molecular flexibility index (Phi) is 8.42. The van der Waals surface area contributed by atoms with E-state index < -0.39 is 11.7 Å². The summed E-state index contributed by atoms with van der Waals surface area (Å²) in [6.07, 6.45) is 4.76. The number of benzene rings is 1. The third-order valence-corrected chi connectivity index (χ3v) is 5.09. The second-order valence-electron chi connectivity index (χ2n) is 7.92. The van der Waals surface area contributed by atoms with Gasteiger partial charge in [0, 0.05) is 35.8 Å². The zero-order chi connectivity index (χ0) is 26.2. The van der Waals surface area contributed by atoms with E-state index in [2.05, 4.69) is 15.3 Å². The number of likely N-dealkylation sites (N-methyl/N-ethyl adjacent to an activating group) is 1. The van der Waals surface area contributed by atoms with E-state index in [1.807, 2.05) is 38.1 Å². The number of hydrogen-bond donors (Lipinski definition) is 4. The van der Waals surface area contributed by atoms with Crippen LogP contribution < -0.4 is 10.1 Å². The number of aryl methyl sites for hydroxylation is 1. The van der Waals surface area contributed by atoms with Gasteiger partial charge in [-0.15, -0.1) is 0 Å². The molecule has 0 aliphatic carbocycles. The van der Waals surface area contributed by atoms with Crippen LogP contribution in [0.25, 0.3) is 11.6 Å². The third-order valence-electron chi connectivity index (χ3n) is 5.09. The molecule has 0 fully saturated rings. The van der Waals surface area contributed by atoms with Crippen LogP contribution in [0.2, 0.25) is 0 Å². The Morgan fingerprint density at radius 2 is 2.03 bits per heavy atom. The van der Waals surface area contributed by atoms with Crippen molar-refractivity contribution in [2.45, 2.75) is 6.92 Å². The Bertz CT molecular complexity index is 1310. The summed E-state index contributed by atoms with van der Waals surface area (Å²) >= 11 is 0. The van der Waals surface area contributed by atoms with Crippen molar-refractivity contribution < 1.29 is 34.1 Å². The number of rotatable bonds is 8. The Labute approximate surface area is 207 Å². The van der Waals surface area contributed by atoms with Gasteiger partial charge in [0.15, 0.2) is 22.9 Å². The summed E-state index contributed by atoms with van der Waals surface area (Å²) in [6.45, 7) is 2.96. The maximum absolute atomic E-state index is 11.9. The molecular formula is C25H26N4O7. The van der Waals surface area contributed by atoms with Crippen molar-refractivity contribution in [2.24, 2.45) is 4.99 Å². The highest BCUT2D eigenvalue weighted by molar-refractivity contribution is 6.21. The number of hydrogen-bond acceptors (Lipinski definition) is 9. The lowest BCUT2D eigenvalue weighted by Gasteiger charge is -2.13. The zero-order valence-corrected chi connectivity index (χ0v) is 19.9. The second kappa shape index (κ2) is 11.7. The summed E-state index contributed by atoms with van der Waals surface area (Å²) in [6, 6.07) is 9.02. The van der Waals surface area contributed by atoms with Gasteiger partial charge in [0.1, 0.15) is 12.4 Å². The maximum atomic E-state index is 11.9. The van der Waals surface area contributed by atoms with Crippen LogP contribution in [0.1, 0.15) is 27.2 Å². The molecule has 4 rings (SSSR count). The Morgan fingerprint density at radius 1 is 1.28 bits per heavy atom. The Hall–Kier alpha value is -4.64. The van der Waals surface area contributed by atoms with Crippen LogP contribution in [0.15, 0.2) is 45.9 Å². The standard InChI is InChI=1S/C24H24N4O5.CH2O2/c1-14-11-16(32-10-9-28(2)3)6-7-18(14)27-23-20(24(30)31)21(29)19(33-23)12-15-13-26-22-17(15)5-4-8-25-22;2-1-3/h4-8,11-13,27,29H,9-10H2,1-3H3,(H,30,31);1H,(H,2,3). The summed E-state index contributed by atoms with van der Waals surface area (Å²) < 4.78 is 11.5. The molecule has 0 unspecified atom stereocenters. The molecule has 4 N–H and O–H groups in total. The number of aromatic nitrogens is 1. The topological polar surface area (TPSA) is 158 Å². The zero-order valence-electron chi connectivity index (χ0n) is 19.9. The average molecular weight is 495 g/mol. The van der Waals surface area contributed by atoms with Crippen molar-refractivity contribution in [3.05, 3.63) is 59.0 Å². The van der Waals surface area contributed by atoms with Crippen LogP contribution in [0.5, 0.6) is 11.5 Å². The quantitative estimate of drug-likeness (QED) is 0.337. The predicted molar refractivity (Wildman–Crippen MR) is 135 cm³/mol. The van der Waals surface area contributed by atoms with E-state index in [0.29, 0.717) is 29.4 Å². The molecule has 0 saturated heterocycles. The fourth-order valence-electron chi connectivity index (χ4n) is 3.34. The van der Waals surface area contributed by atoms with Crippen molar-refractivity contribution >= 4 is 47.7 Å². The molecule has 11 nitrogen and oxygen atoms in total. The summed E-state index contributed by atoms with van der Waals surface area (Å²) in [5.41, 5.74) is 2.52. The highest BCUT2D eigenvalue weighted by atomic mass is 16.5. The number of carboxylic acids is 1. The van der Waals surface area contributed by atoms with Crippen molar-refractivity contribution in [1.82, 2.24) is 9.88 Å². The number of allylic oxidation sites excluding steroid dienone is 1. The summed E-state index contributed by atoms with van der Waals surface area (Å²) in [7, 11) is 3.94. The SMILES string of the molecule is Cc1cc(OCCN(C)C)ccc1Nc1oc(C=C2C=Nc3ncccc32)c(O)c1C(=O)O.O=CO. The lowest BCUT2D eigenvalue weighted by molar-refractivity contribution is -0.122. The first-order valence-corrected chi connectivity index (χ1v) is 10.8. The fraction of sp³-hybridized carbons (Fsp3) is 0.200. The Morgan fingerprint density at radius 3 is 2.69 bits per heavy atom. The molecular weight excluding hydrogens is 468 g/mol.